The number of ether oxygens (including phenoxy) is 3. The van der Waals surface area contributed by atoms with Crippen LogP contribution in [0.15, 0.2) is 42.5 Å². The molecule has 0 fully saturated rings. The SMILES string of the molecule is COc1cc(/C=C/C(=O)c2ccc(OCC(=O)O)cc2)cc(Cl)c1OC(C)C. The van der Waals surface area contributed by atoms with Crippen LogP contribution in [0.4, 0.5) is 0 Å². The third-order valence-electron chi connectivity index (χ3n) is 3.53. The van der Waals surface area contributed by atoms with Crippen LogP contribution in [0.5, 0.6) is 17.2 Å². The minimum atomic E-state index is -1.07. The molecule has 0 spiro atoms. The van der Waals surface area contributed by atoms with E-state index in [-0.39, 0.29) is 11.9 Å². The van der Waals surface area contributed by atoms with Gasteiger partial charge in [-0.1, -0.05) is 17.7 Å². The van der Waals surface area contributed by atoms with Crippen molar-refractivity contribution in [2.45, 2.75) is 20.0 Å². The molecule has 148 valence electrons. The minimum Gasteiger partial charge on any atom is -0.493 e. The summed E-state index contributed by atoms with van der Waals surface area (Å²) in [6, 6.07) is 9.64. The van der Waals surface area contributed by atoms with E-state index in [1.165, 1.54) is 13.2 Å². The molecular formula is C21H21ClO6. The summed E-state index contributed by atoms with van der Waals surface area (Å²) < 4.78 is 16.0. The molecular weight excluding hydrogens is 384 g/mol. The summed E-state index contributed by atoms with van der Waals surface area (Å²) in [5, 5.41) is 8.99. The van der Waals surface area contributed by atoms with Gasteiger partial charge in [0.25, 0.3) is 0 Å². The number of hydrogen-bond donors (Lipinski definition) is 1. The van der Waals surface area contributed by atoms with Crippen LogP contribution in [0.1, 0.15) is 29.8 Å². The van der Waals surface area contributed by atoms with Crippen molar-refractivity contribution in [3.05, 3.63) is 58.6 Å². The molecule has 7 heteroatoms. The first-order chi connectivity index (χ1) is 13.3. The summed E-state index contributed by atoms with van der Waals surface area (Å²) in [4.78, 5) is 22.8. The van der Waals surface area contributed by atoms with Crippen LogP contribution in [-0.2, 0) is 4.79 Å². The summed E-state index contributed by atoms with van der Waals surface area (Å²) in [5.74, 6) is 0.0254. The number of hydrogen-bond acceptors (Lipinski definition) is 5. The van der Waals surface area contributed by atoms with E-state index >= 15 is 0 Å². The summed E-state index contributed by atoms with van der Waals surface area (Å²) in [6.45, 7) is 3.34. The molecule has 0 amide bonds. The van der Waals surface area contributed by atoms with Gasteiger partial charge in [0, 0.05) is 5.56 Å². The number of allylic oxidation sites excluding steroid dienone is 1. The maximum atomic E-state index is 12.3. The second kappa shape index (κ2) is 9.80. The van der Waals surface area contributed by atoms with Crippen molar-refractivity contribution in [1.82, 2.24) is 0 Å². The zero-order valence-electron chi connectivity index (χ0n) is 15.8. The average molecular weight is 405 g/mol. The normalized spacial score (nSPS) is 10.9. The van der Waals surface area contributed by atoms with Crippen LogP contribution in [0.3, 0.4) is 0 Å². The van der Waals surface area contributed by atoms with Gasteiger partial charge in [-0.3, -0.25) is 4.79 Å². The first-order valence-electron chi connectivity index (χ1n) is 8.51. The molecule has 0 atom stereocenters. The fraction of sp³-hybridized carbons (Fsp3) is 0.238. The number of carboxylic acid groups (broad SMARTS) is 1. The Balaban J connectivity index is 2.13. The number of benzene rings is 2. The highest BCUT2D eigenvalue weighted by Gasteiger charge is 2.13. The maximum Gasteiger partial charge on any atom is 0.341 e. The molecule has 0 saturated heterocycles. The van der Waals surface area contributed by atoms with Crippen LogP contribution in [0, 0.1) is 0 Å². The Morgan fingerprint density at radius 2 is 1.86 bits per heavy atom. The number of carbonyl (C=O) groups is 2. The lowest BCUT2D eigenvalue weighted by atomic mass is 10.1. The second-order valence-electron chi connectivity index (χ2n) is 6.11. The lowest BCUT2D eigenvalue weighted by Crippen LogP contribution is -2.09. The molecule has 0 aliphatic rings. The summed E-state index contributed by atoms with van der Waals surface area (Å²) >= 11 is 6.28. The van der Waals surface area contributed by atoms with Crippen LogP contribution in [0.2, 0.25) is 5.02 Å². The Labute approximate surface area is 168 Å². The lowest BCUT2D eigenvalue weighted by Gasteiger charge is -2.15. The van der Waals surface area contributed by atoms with Crippen molar-refractivity contribution >= 4 is 29.4 Å². The average Bonchev–Trinajstić information content (AvgIpc) is 2.66. The van der Waals surface area contributed by atoms with Crippen LogP contribution in [-0.4, -0.2) is 36.7 Å². The zero-order chi connectivity index (χ0) is 20.7. The lowest BCUT2D eigenvalue weighted by molar-refractivity contribution is -0.139. The Bertz CT molecular complexity index is 871. The molecule has 2 aromatic carbocycles. The molecule has 0 aromatic heterocycles. The number of ketones is 1. The first-order valence-corrected chi connectivity index (χ1v) is 8.89. The summed E-state index contributed by atoms with van der Waals surface area (Å²) in [5.41, 5.74) is 1.13. The molecule has 0 aliphatic carbocycles. The Morgan fingerprint density at radius 3 is 2.43 bits per heavy atom. The van der Waals surface area contributed by atoms with Crippen molar-refractivity contribution in [2.75, 3.05) is 13.7 Å². The Morgan fingerprint density at radius 1 is 1.18 bits per heavy atom. The molecule has 2 rings (SSSR count). The molecule has 0 unspecified atom stereocenters. The number of aliphatic carboxylic acids is 1. The van der Waals surface area contributed by atoms with Gasteiger partial charge in [0.1, 0.15) is 5.75 Å². The van der Waals surface area contributed by atoms with Gasteiger partial charge >= 0.3 is 5.97 Å². The van der Waals surface area contributed by atoms with E-state index in [0.29, 0.717) is 33.4 Å². The Kier molecular flexibility index (Phi) is 7.46. The highest BCUT2D eigenvalue weighted by Crippen LogP contribution is 2.37. The molecule has 2 aromatic rings. The van der Waals surface area contributed by atoms with Crippen LogP contribution < -0.4 is 14.2 Å². The summed E-state index contributed by atoms with van der Waals surface area (Å²) in [6.07, 6.45) is 2.99. The highest BCUT2D eigenvalue weighted by molar-refractivity contribution is 6.32. The van der Waals surface area contributed by atoms with Gasteiger partial charge in [0.15, 0.2) is 23.9 Å². The van der Waals surface area contributed by atoms with E-state index in [4.69, 9.17) is 30.9 Å². The highest BCUT2D eigenvalue weighted by atomic mass is 35.5. The van der Waals surface area contributed by atoms with Crippen molar-refractivity contribution in [1.29, 1.82) is 0 Å². The van der Waals surface area contributed by atoms with E-state index in [9.17, 15) is 9.59 Å². The maximum absolute atomic E-state index is 12.3. The van der Waals surface area contributed by atoms with Crippen LogP contribution >= 0.6 is 11.6 Å². The van der Waals surface area contributed by atoms with Crippen LogP contribution in [0.25, 0.3) is 6.08 Å². The van der Waals surface area contributed by atoms with E-state index in [2.05, 4.69) is 0 Å². The van der Waals surface area contributed by atoms with Crippen molar-refractivity contribution in [3.8, 4) is 17.2 Å². The monoisotopic (exact) mass is 404 g/mol. The quantitative estimate of drug-likeness (QED) is 0.489. The standard InChI is InChI=1S/C21H21ClO6/c1-13(2)28-21-17(22)10-14(11-19(21)26-3)4-9-18(23)15-5-7-16(8-6-15)27-12-20(24)25/h4-11,13H,12H2,1-3H3,(H,24,25)/b9-4+. The van der Waals surface area contributed by atoms with Gasteiger partial charge in [-0.05, 0) is 61.9 Å². The number of halogens is 1. The van der Waals surface area contributed by atoms with Gasteiger partial charge in [0.2, 0.25) is 0 Å². The second-order valence-corrected chi connectivity index (χ2v) is 6.51. The smallest absolute Gasteiger partial charge is 0.341 e. The fourth-order valence-electron chi connectivity index (χ4n) is 2.31. The van der Waals surface area contributed by atoms with Gasteiger partial charge in [-0.15, -0.1) is 0 Å². The molecule has 6 nitrogen and oxygen atoms in total. The number of carbonyl (C=O) groups excluding carboxylic acids is 1. The van der Waals surface area contributed by atoms with Crippen molar-refractivity contribution < 1.29 is 28.9 Å². The third kappa shape index (κ3) is 6.03. The van der Waals surface area contributed by atoms with Gasteiger partial charge in [-0.25, -0.2) is 4.79 Å². The number of carboxylic acids is 1. The van der Waals surface area contributed by atoms with E-state index in [0.717, 1.165) is 0 Å². The first kappa shape index (κ1) is 21.3. The molecule has 0 saturated carbocycles. The van der Waals surface area contributed by atoms with E-state index in [1.54, 1.807) is 42.5 Å². The molecule has 0 radical (unpaired) electrons. The predicted molar refractivity (Wildman–Crippen MR) is 107 cm³/mol. The zero-order valence-corrected chi connectivity index (χ0v) is 16.5. The van der Waals surface area contributed by atoms with Gasteiger partial charge in [-0.2, -0.15) is 0 Å². The Hall–Kier alpha value is -2.99. The van der Waals surface area contributed by atoms with Crippen molar-refractivity contribution in [2.24, 2.45) is 0 Å². The largest absolute Gasteiger partial charge is 0.493 e. The van der Waals surface area contributed by atoms with Gasteiger partial charge in [0.05, 0.1) is 18.2 Å². The van der Waals surface area contributed by atoms with Crippen molar-refractivity contribution in [3.63, 3.8) is 0 Å². The number of methoxy groups -OCH3 is 1. The predicted octanol–water partition coefficient (Wildman–Crippen LogP) is 4.50. The topological polar surface area (TPSA) is 82.1 Å². The molecule has 28 heavy (non-hydrogen) atoms. The van der Waals surface area contributed by atoms with Gasteiger partial charge < -0.3 is 19.3 Å². The third-order valence-corrected chi connectivity index (χ3v) is 3.81. The fourth-order valence-corrected chi connectivity index (χ4v) is 2.58. The number of rotatable bonds is 9. The molecule has 0 bridgehead atoms. The molecule has 1 N–H and O–H groups in total. The van der Waals surface area contributed by atoms with E-state index < -0.39 is 12.6 Å². The van der Waals surface area contributed by atoms with E-state index in [1.807, 2.05) is 13.8 Å². The molecule has 0 heterocycles. The summed E-state index contributed by atoms with van der Waals surface area (Å²) in [7, 11) is 1.52. The molecule has 0 aliphatic heterocycles. The minimum absolute atomic E-state index is 0.0585.